The maximum absolute atomic E-state index is 12.5. The largest absolute Gasteiger partial charge is 0.490 e. The highest BCUT2D eigenvalue weighted by molar-refractivity contribution is 6.32. The smallest absolute Gasteiger partial charge is 0.262 e. The number of carbonyl (C=O) groups excluding carboxylic acids is 1. The molecule has 0 aliphatic carbocycles. The maximum atomic E-state index is 12.5. The van der Waals surface area contributed by atoms with E-state index in [2.05, 4.69) is 12.2 Å². The summed E-state index contributed by atoms with van der Waals surface area (Å²) in [7, 11) is 0. The second-order valence-electron chi connectivity index (χ2n) is 7.01. The van der Waals surface area contributed by atoms with Crippen molar-refractivity contribution < 1.29 is 14.3 Å². The second kappa shape index (κ2) is 13.4. The predicted molar refractivity (Wildman–Crippen MR) is 124 cm³/mol. The van der Waals surface area contributed by atoms with Crippen molar-refractivity contribution in [1.82, 2.24) is 5.32 Å². The minimum absolute atomic E-state index is 0.0114. The van der Waals surface area contributed by atoms with E-state index < -0.39 is 5.91 Å². The molecule has 0 aliphatic rings. The highest BCUT2D eigenvalue weighted by Gasteiger charge is 2.14. The molecule has 5 nitrogen and oxygen atoms in total. The van der Waals surface area contributed by atoms with Crippen LogP contribution in [0, 0.1) is 11.3 Å². The van der Waals surface area contributed by atoms with Gasteiger partial charge in [0.2, 0.25) is 0 Å². The van der Waals surface area contributed by atoms with E-state index in [1.807, 2.05) is 43.3 Å². The Labute approximate surface area is 189 Å². The van der Waals surface area contributed by atoms with Crippen LogP contribution < -0.4 is 14.8 Å². The number of benzene rings is 2. The third-order valence-corrected chi connectivity index (χ3v) is 4.83. The molecule has 0 spiro atoms. The summed E-state index contributed by atoms with van der Waals surface area (Å²) < 4.78 is 11.6. The predicted octanol–water partition coefficient (Wildman–Crippen LogP) is 5.92. The molecule has 1 N–H and O–H groups in total. The molecule has 1 amide bonds. The summed E-state index contributed by atoms with van der Waals surface area (Å²) in [5.74, 6) is 0.541. The van der Waals surface area contributed by atoms with E-state index in [0.29, 0.717) is 41.8 Å². The molecule has 0 heterocycles. The number of nitriles is 1. The summed E-state index contributed by atoms with van der Waals surface area (Å²) in [5, 5.41) is 12.6. The Balaban J connectivity index is 2.14. The quantitative estimate of drug-likeness (QED) is 0.252. The lowest BCUT2D eigenvalue weighted by atomic mass is 10.1. The molecule has 0 radical (unpaired) electrons. The highest BCUT2D eigenvalue weighted by Crippen LogP contribution is 2.37. The molecule has 0 saturated carbocycles. The van der Waals surface area contributed by atoms with Gasteiger partial charge in [0.1, 0.15) is 11.6 Å². The Bertz CT molecular complexity index is 920. The molecule has 2 aromatic rings. The van der Waals surface area contributed by atoms with Crippen molar-refractivity contribution in [3.63, 3.8) is 0 Å². The Kier molecular flexibility index (Phi) is 10.5. The van der Waals surface area contributed by atoms with Crippen LogP contribution in [0.2, 0.25) is 5.02 Å². The number of nitrogens with one attached hydrogen (secondary N) is 1. The normalized spacial score (nSPS) is 11.0. The van der Waals surface area contributed by atoms with E-state index in [9.17, 15) is 10.1 Å². The topological polar surface area (TPSA) is 71.3 Å². The van der Waals surface area contributed by atoms with Crippen LogP contribution in [0.4, 0.5) is 0 Å². The minimum atomic E-state index is -0.448. The van der Waals surface area contributed by atoms with Gasteiger partial charge in [-0.1, -0.05) is 68.1 Å². The van der Waals surface area contributed by atoms with E-state index in [-0.39, 0.29) is 5.57 Å². The van der Waals surface area contributed by atoms with Gasteiger partial charge in [-0.3, -0.25) is 4.79 Å². The van der Waals surface area contributed by atoms with Gasteiger partial charge in [-0.25, -0.2) is 0 Å². The summed E-state index contributed by atoms with van der Waals surface area (Å²) >= 11 is 6.44. The monoisotopic (exact) mass is 440 g/mol. The first kappa shape index (κ1) is 24.3. The van der Waals surface area contributed by atoms with Crippen molar-refractivity contribution in [2.24, 2.45) is 0 Å². The molecule has 0 atom stereocenters. The Morgan fingerprint density at radius 3 is 2.58 bits per heavy atom. The van der Waals surface area contributed by atoms with Gasteiger partial charge in [-0.05, 0) is 42.7 Å². The molecule has 0 saturated heterocycles. The van der Waals surface area contributed by atoms with Crippen LogP contribution in [0.3, 0.4) is 0 Å². The van der Waals surface area contributed by atoms with Gasteiger partial charge >= 0.3 is 0 Å². The average molecular weight is 441 g/mol. The fourth-order valence-corrected chi connectivity index (χ4v) is 3.24. The van der Waals surface area contributed by atoms with Gasteiger partial charge in [-0.15, -0.1) is 0 Å². The first-order valence-electron chi connectivity index (χ1n) is 10.6. The Morgan fingerprint density at radius 2 is 1.90 bits per heavy atom. The molecular formula is C25H29ClN2O3. The van der Waals surface area contributed by atoms with Gasteiger partial charge < -0.3 is 14.8 Å². The standard InChI is InChI=1S/C25H29ClN2O3/c1-3-5-6-10-13-31-24-22(26)15-20(16-23(24)30-4-2)14-21(17-27)25(29)28-18-19-11-8-7-9-12-19/h7-9,11-12,14-16H,3-6,10,13,18H2,1-2H3,(H,28,29)/b21-14+. The molecule has 0 aromatic heterocycles. The zero-order chi connectivity index (χ0) is 22.5. The number of amides is 1. The van der Waals surface area contributed by atoms with Gasteiger partial charge in [0, 0.05) is 6.54 Å². The maximum Gasteiger partial charge on any atom is 0.262 e. The number of ether oxygens (including phenoxy) is 2. The number of unbranched alkanes of at least 4 members (excludes halogenated alkanes) is 3. The van der Waals surface area contributed by atoms with Crippen LogP contribution in [0.15, 0.2) is 48.0 Å². The van der Waals surface area contributed by atoms with Crippen molar-refractivity contribution in [2.75, 3.05) is 13.2 Å². The van der Waals surface area contributed by atoms with Gasteiger partial charge in [0.25, 0.3) is 5.91 Å². The molecule has 2 rings (SSSR count). The molecule has 6 heteroatoms. The van der Waals surface area contributed by atoms with Crippen LogP contribution in [-0.2, 0) is 11.3 Å². The molecule has 0 bridgehead atoms. The molecule has 31 heavy (non-hydrogen) atoms. The zero-order valence-electron chi connectivity index (χ0n) is 18.1. The molecule has 0 fully saturated rings. The SMILES string of the molecule is CCCCCCOc1c(Cl)cc(/C=C(\C#N)C(=O)NCc2ccccc2)cc1OCC. The van der Waals surface area contributed by atoms with Crippen LogP contribution in [-0.4, -0.2) is 19.1 Å². The first-order valence-corrected chi connectivity index (χ1v) is 11.0. The van der Waals surface area contributed by atoms with Crippen LogP contribution in [0.5, 0.6) is 11.5 Å². The Hall–Kier alpha value is -2.97. The number of carbonyl (C=O) groups is 1. The second-order valence-corrected chi connectivity index (χ2v) is 7.42. The number of nitrogens with zero attached hydrogens (tertiary/aromatic N) is 1. The highest BCUT2D eigenvalue weighted by atomic mass is 35.5. The summed E-state index contributed by atoms with van der Waals surface area (Å²) in [4.78, 5) is 12.5. The van der Waals surface area contributed by atoms with Crippen LogP contribution >= 0.6 is 11.6 Å². The molecule has 2 aromatic carbocycles. The third-order valence-electron chi connectivity index (χ3n) is 4.55. The number of hydrogen-bond acceptors (Lipinski definition) is 4. The summed E-state index contributed by atoms with van der Waals surface area (Å²) in [5.41, 5.74) is 1.54. The lowest BCUT2D eigenvalue weighted by Crippen LogP contribution is -2.23. The molecule has 0 unspecified atom stereocenters. The fraction of sp³-hybridized carbons (Fsp3) is 0.360. The van der Waals surface area contributed by atoms with Gasteiger partial charge in [0.15, 0.2) is 11.5 Å². The Morgan fingerprint density at radius 1 is 1.13 bits per heavy atom. The van der Waals surface area contributed by atoms with Gasteiger partial charge in [0.05, 0.1) is 18.2 Å². The van der Waals surface area contributed by atoms with Crippen molar-refractivity contribution in [2.45, 2.75) is 46.1 Å². The fourth-order valence-electron chi connectivity index (χ4n) is 2.97. The van der Waals surface area contributed by atoms with E-state index in [0.717, 1.165) is 24.8 Å². The average Bonchev–Trinajstić information content (AvgIpc) is 2.78. The van der Waals surface area contributed by atoms with Crippen molar-refractivity contribution in [3.05, 3.63) is 64.2 Å². The summed E-state index contributed by atoms with van der Waals surface area (Å²) in [6.45, 7) is 5.38. The summed E-state index contributed by atoms with van der Waals surface area (Å²) in [6, 6.07) is 14.9. The lowest BCUT2D eigenvalue weighted by molar-refractivity contribution is -0.117. The van der Waals surface area contributed by atoms with E-state index in [1.165, 1.54) is 12.5 Å². The zero-order valence-corrected chi connectivity index (χ0v) is 18.9. The van der Waals surface area contributed by atoms with E-state index in [4.69, 9.17) is 21.1 Å². The number of hydrogen-bond donors (Lipinski definition) is 1. The summed E-state index contributed by atoms with van der Waals surface area (Å²) in [6.07, 6.45) is 5.87. The number of halogens is 1. The van der Waals surface area contributed by atoms with Crippen molar-refractivity contribution in [1.29, 1.82) is 5.26 Å². The van der Waals surface area contributed by atoms with Crippen LogP contribution in [0.1, 0.15) is 50.7 Å². The van der Waals surface area contributed by atoms with Crippen LogP contribution in [0.25, 0.3) is 6.08 Å². The number of rotatable bonds is 12. The molecular weight excluding hydrogens is 412 g/mol. The van der Waals surface area contributed by atoms with Gasteiger partial charge in [-0.2, -0.15) is 5.26 Å². The third kappa shape index (κ3) is 7.99. The van der Waals surface area contributed by atoms with Crippen molar-refractivity contribution in [3.8, 4) is 17.6 Å². The lowest BCUT2D eigenvalue weighted by Gasteiger charge is -2.14. The molecule has 0 aliphatic heterocycles. The van der Waals surface area contributed by atoms with E-state index in [1.54, 1.807) is 12.1 Å². The minimum Gasteiger partial charge on any atom is -0.490 e. The first-order chi connectivity index (χ1) is 15.1. The van der Waals surface area contributed by atoms with Crippen molar-refractivity contribution >= 4 is 23.6 Å². The molecule has 164 valence electrons. The van der Waals surface area contributed by atoms with E-state index >= 15 is 0 Å².